The number of fused-ring (bicyclic) bond motifs is 1. The van der Waals surface area contributed by atoms with E-state index in [1.165, 1.54) is 11.0 Å². The van der Waals surface area contributed by atoms with Crippen molar-refractivity contribution in [3.8, 4) is 0 Å². The highest BCUT2D eigenvalue weighted by Gasteiger charge is 2.36. The minimum absolute atomic E-state index is 0.156. The molecule has 1 aromatic carbocycles. The third kappa shape index (κ3) is 2.11. The Kier molecular flexibility index (Phi) is 3.63. The maximum atomic E-state index is 13.4. The van der Waals surface area contributed by atoms with Gasteiger partial charge in [-0.25, -0.2) is 4.39 Å². The van der Waals surface area contributed by atoms with Crippen LogP contribution in [0.4, 0.5) is 10.1 Å². The fourth-order valence-corrected chi connectivity index (χ4v) is 2.04. The van der Waals surface area contributed by atoms with Gasteiger partial charge in [0, 0.05) is 20.3 Å². The van der Waals surface area contributed by atoms with E-state index < -0.39 is 17.5 Å². The van der Waals surface area contributed by atoms with Gasteiger partial charge in [0.05, 0.1) is 16.3 Å². The van der Waals surface area contributed by atoms with E-state index in [1.807, 2.05) is 0 Å². The van der Waals surface area contributed by atoms with Crippen LogP contribution in [0.5, 0.6) is 0 Å². The largest absolute Gasteiger partial charge is 0.385 e. The average molecular weight is 272 g/mol. The van der Waals surface area contributed by atoms with Crippen LogP contribution in [0.25, 0.3) is 0 Å². The number of hydrogen-bond donors (Lipinski definition) is 0. The van der Waals surface area contributed by atoms with E-state index in [4.69, 9.17) is 16.3 Å². The van der Waals surface area contributed by atoms with Crippen LogP contribution < -0.4 is 4.90 Å². The number of methoxy groups -OCH3 is 1. The van der Waals surface area contributed by atoms with Gasteiger partial charge < -0.3 is 9.64 Å². The van der Waals surface area contributed by atoms with Crippen LogP contribution in [0.15, 0.2) is 12.1 Å². The Labute approximate surface area is 108 Å². The van der Waals surface area contributed by atoms with Gasteiger partial charge in [0.15, 0.2) is 0 Å². The molecule has 0 saturated heterocycles. The summed E-state index contributed by atoms with van der Waals surface area (Å²) in [7, 11) is 1.55. The van der Waals surface area contributed by atoms with Gasteiger partial charge in [-0.05, 0) is 18.6 Å². The summed E-state index contributed by atoms with van der Waals surface area (Å²) in [6.07, 6.45) is 0.569. The zero-order valence-corrected chi connectivity index (χ0v) is 10.5. The molecule has 0 aromatic heterocycles. The van der Waals surface area contributed by atoms with Crippen molar-refractivity contribution in [1.29, 1.82) is 0 Å². The van der Waals surface area contributed by atoms with Gasteiger partial charge in [0.1, 0.15) is 5.82 Å². The first kappa shape index (κ1) is 13.0. The number of anilines is 1. The number of ether oxygens (including phenoxy) is 1. The smallest absolute Gasteiger partial charge is 0.299 e. The van der Waals surface area contributed by atoms with E-state index in [9.17, 15) is 14.0 Å². The molecule has 0 bridgehead atoms. The van der Waals surface area contributed by atoms with Crippen molar-refractivity contribution in [2.24, 2.45) is 0 Å². The second-order valence-electron chi connectivity index (χ2n) is 3.92. The minimum Gasteiger partial charge on any atom is -0.385 e. The van der Waals surface area contributed by atoms with E-state index in [1.54, 1.807) is 7.11 Å². The average Bonchev–Trinajstić information content (AvgIpc) is 2.56. The van der Waals surface area contributed by atoms with E-state index in [0.29, 0.717) is 19.6 Å². The maximum Gasteiger partial charge on any atom is 0.299 e. The summed E-state index contributed by atoms with van der Waals surface area (Å²) in [5.74, 6) is -1.94. The minimum atomic E-state index is -0.650. The van der Waals surface area contributed by atoms with Crippen molar-refractivity contribution >= 4 is 29.0 Å². The number of carbonyl (C=O) groups is 2. The standard InChI is InChI=1S/C12H11ClFNO3/c1-18-4-2-3-15-10-6-9(14)8(13)5-7(10)11(16)12(15)17/h5-6H,2-4H2,1H3. The third-order valence-electron chi connectivity index (χ3n) is 2.74. The Balaban J connectivity index is 2.33. The van der Waals surface area contributed by atoms with Gasteiger partial charge in [-0.15, -0.1) is 0 Å². The molecule has 1 aliphatic heterocycles. The van der Waals surface area contributed by atoms with Gasteiger partial charge >= 0.3 is 0 Å². The number of carbonyl (C=O) groups excluding carboxylic acids is 2. The number of Topliss-reactive ketones (excluding diaryl/α,β-unsaturated/α-hetero) is 1. The van der Waals surface area contributed by atoms with E-state index in [0.717, 1.165) is 6.07 Å². The first-order chi connectivity index (χ1) is 8.56. The lowest BCUT2D eigenvalue weighted by Crippen LogP contribution is -2.31. The lowest BCUT2D eigenvalue weighted by Gasteiger charge is -2.16. The molecule has 0 unspecified atom stereocenters. The van der Waals surface area contributed by atoms with Crippen LogP contribution in [-0.4, -0.2) is 32.0 Å². The molecule has 0 saturated carbocycles. The van der Waals surface area contributed by atoms with Crippen molar-refractivity contribution in [3.63, 3.8) is 0 Å². The topological polar surface area (TPSA) is 46.6 Å². The molecule has 2 rings (SSSR count). The monoisotopic (exact) mass is 271 g/mol. The molecule has 0 aliphatic carbocycles. The maximum absolute atomic E-state index is 13.4. The Bertz CT molecular complexity index is 518. The van der Waals surface area contributed by atoms with E-state index in [2.05, 4.69) is 0 Å². The molecular weight excluding hydrogens is 261 g/mol. The van der Waals surface area contributed by atoms with Crippen LogP contribution >= 0.6 is 11.6 Å². The van der Waals surface area contributed by atoms with E-state index in [-0.39, 0.29) is 16.3 Å². The van der Waals surface area contributed by atoms with Crippen molar-refractivity contribution < 1.29 is 18.7 Å². The zero-order chi connectivity index (χ0) is 13.3. The Morgan fingerprint density at radius 3 is 2.78 bits per heavy atom. The molecule has 6 heteroatoms. The molecule has 1 heterocycles. The zero-order valence-electron chi connectivity index (χ0n) is 9.70. The SMILES string of the molecule is COCCCN1C(=O)C(=O)c2cc(Cl)c(F)cc21. The molecule has 1 aliphatic rings. The molecule has 96 valence electrons. The lowest BCUT2D eigenvalue weighted by atomic mass is 10.1. The molecule has 18 heavy (non-hydrogen) atoms. The third-order valence-corrected chi connectivity index (χ3v) is 3.03. The Morgan fingerprint density at radius 2 is 2.11 bits per heavy atom. The number of ketones is 1. The fourth-order valence-electron chi connectivity index (χ4n) is 1.88. The second-order valence-corrected chi connectivity index (χ2v) is 4.32. The number of halogens is 2. The first-order valence-corrected chi connectivity index (χ1v) is 5.78. The first-order valence-electron chi connectivity index (χ1n) is 5.40. The van der Waals surface area contributed by atoms with Gasteiger partial charge in [0.2, 0.25) is 0 Å². The van der Waals surface area contributed by atoms with Crippen LogP contribution in [0, 0.1) is 5.82 Å². The van der Waals surface area contributed by atoms with Gasteiger partial charge in [-0.2, -0.15) is 0 Å². The Hall–Kier alpha value is -1.46. The van der Waals surface area contributed by atoms with Crippen LogP contribution in [0.2, 0.25) is 5.02 Å². The molecule has 0 atom stereocenters. The normalized spacial score (nSPS) is 14.3. The molecule has 1 aromatic rings. The highest BCUT2D eigenvalue weighted by molar-refractivity contribution is 6.52. The number of benzene rings is 1. The highest BCUT2D eigenvalue weighted by Crippen LogP contribution is 2.33. The van der Waals surface area contributed by atoms with Crippen molar-refractivity contribution in [1.82, 2.24) is 0 Å². The van der Waals surface area contributed by atoms with Gasteiger partial charge in [0.25, 0.3) is 11.7 Å². The summed E-state index contributed by atoms with van der Waals surface area (Å²) in [5, 5.41) is -0.159. The summed E-state index contributed by atoms with van der Waals surface area (Å²) in [4.78, 5) is 24.7. The number of nitrogens with zero attached hydrogens (tertiary/aromatic N) is 1. The van der Waals surface area contributed by atoms with Gasteiger partial charge in [-0.1, -0.05) is 11.6 Å². The molecule has 0 spiro atoms. The molecule has 1 amide bonds. The van der Waals surface area contributed by atoms with Crippen molar-refractivity contribution in [2.45, 2.75) is 6.42 Å². The van der Waals surface area contributed by atoms with Crippen molar-refractivity contribution in [2.75, 3.05) is 25.2 Å². The number of amides is 1. The summed E-state index contributed by atoms with van der Waals surface area (Å²) in [5.41, 5.74) is 0.437. The molecular formula is C12H11ClFNO3. The summed E-state index contributed by atoms with van der Waals surface area (Å²) < 4.78 is 18.3. The second kappa shape index (κ2) is 5.04. The highest BCUT2D eigenvalue weighted by atomic mass is 35.5. The fraction of sp³-hybridized carbons (Fsp3) is 0.333. The predicted octanol–water partition coefficient (Wildman–Crippen LogP) is 2.04. The summed E-state index contributed by atoms with van der Waals surface area (Å²) in [6, 6.07) is 2.32. The van der Waals surface area contributed by atoms with E-state index >= 15 is 0 Å². The molecule has 4 nitrogen and oxygen atoms in total. The van der Waals surface area contributed by atoms with Gasteiger partial charge in [-0.3, -0.25) is 9.59 Å². The van der Waals surface area contributed by atoms with Crippen LogP contribution in [0.3, 0.4) is 0 Å². The molecule has 0 N–H and O–H groups in total. The lowest BCUT2D eigenvalue weighted by molar-refractivity contribution is -0.114. The van der Waals surface area contributed by atoms with Crippen LogP contribution in [-0.2, 0) is 9.53 Å². The number of hydrogen-bond acceptors (Lipinski definition) is 3. The van der Waals surface area contributed by atoms with Crippen molar-refractivity contribution in [3.05, 3.63) is 28.5 Å². The predicted molar refractivity (Wildman–Crippen MR) is 64.6 cm³/mol. The molecule has 0 fully saturated rings. The quantitative estimate of drug-likeness (QED) is 0.622. The Morgan fingerprint density at radius 1 is 1.39 bits per heavy atom. The summed E-state index contributed by atoms with van der Waals surface area (Å²) in [6.45, 7) is 0.774. The van der Waals surface area contributed by atoms with Crippen LogP contribution in [0.1, 0.15) is 16.8 Å². The number of rotatable bonds is 4. The molecule has 0 radical (unpaired) electrons. The summed E-state index contributed by atoms with van der Waals surface area (Å²) >= 11 is 5.60.